The first kappa shape index (κ1) is 22.6. The number of nitrogens with zero attached hydrogens (tertiary/aromatic N) is 1. The van der Waals surface area contributed by atoms with E-state index < -0.39 is 10.0 Å². The third kappa shape index (κ3) is 4.65. The van der Waals surface area contributed by atoms with E-state index in [1.54, 1.807) is 16.1 Å². The van der Waals surface area contributed by atoms with Gasteiger partial charge in [-0.15, -0.1) is 11.8 Å². The Balaban J connectivity index is 1.67. The summed E-state index contributed by atoms with van der Waals surface area (Å²) in [6.45, 7) is 10.7. The first-order chi connectivity index (χ1) is 13.6. The Hall–Kier alpha value is -1.09. The second-order valence-corrected chi connectivity index (χ2v) is 11.7. The van der Waals surface area contributed by atoms with Crippen LogP contribution >= 0.6 is 11.8 Å². The zero-order chi connectivity index (χ0) is 21.4. The maximum Gasteiger partial charge on any atom is 0.243 e. The SMILES string of the molecule is CCC(C)NC(=O)C1CSC2(CCN(S(=O)(=O)c3c(C)cc(C)cc3C)CC2)N1. The van der Waals surface area contributed by atoms with Crippen molar-refractivity contribution < 1.29 is 13.2 Å². The summed E-state index contributed by atoms with van der Waals surface area (Å²) in [7, 11) is -3.52. The largest absolute Gasteiger partial charge is 0.352 e. The molecule has 0 aliphatic carbocycles. The number of sulfonamides is 1. The number of amides is 1. The standard InChI is InChI=1S/C21H33N3O3S2/c1-6-17(5)22-20(25)18-13-28-21(23-18)7-9-24(10-8-21)29(26,27)19-15(3)11-14(2)12-16(19)4/h11-12,17-18,23H,6-10,13H2,1-5H3,(H,22,25). The van der Waals surface area contributed by atoms with Gasteiger partial charge in [-0.05, 0) is 58.1 Å². The van der Waals surface area contributed by atoms with Crippen molar-refractivity contribution in [2.75, 3.05) is 18.8 Å². The van der Waals surface area contributed by atoms with Crippen molar-refractivity contribution in [3.05, 3.63) is 28.8 Å². The second kappa shape index (κ2) is 8.57. The van der Waals surface area contributed by atoms with Gasteiger partial charge in [-0.3, -0.25) is 10.1 Å². The molecule has 2 aliphatic rings. The van der Waals surface area contributed by atoms with E-state index in [4.69, 9.17) is 0 Å². The number of thioether (sulfide) groups is 1. The van der Waals surface area contributed by atoms with Crippen LogP contribution in [0.1, 0.15) is 49.8 Å². The third-order valence-corrected chi connectivity index (χ3v) is 9.80. The number of hydrogen-bond acceptors (Lipinski definition) is 5. The normalized spacial score (nSPS) is 23.3. The predicted octanol–water partition coefficient (Wildman–Crippen LogP) is 2.71. The van der Waals surface area contributed by atoms with Crippen LogP contribution < -0.4 is 10.6 Å². The molecular formula is C21H33N3O3S2. The maximum atomic E-state index is 13.3. The third-order valence-electron chi connectivity index (χ3n) is 6.01. The molecule has 0 saturated carbocycles. The molecular weight excluding hydrogens is 406 g/mol. The van der Waals surface area contributed by atoms with E-state index in [1.165, 1.54) is 0 Å². The topological polar surface area (TPSA) is 78.5 Å². The van der Waals surface area contributed by atoms with Crippen LogP contribution in [0.25, 0.3) is 0 Å². The molecule has 8 heteroatoms. The van der Waals surface area contributed by atoms with Crippen LogP contribution in [0.2, 0.25) is 0 Å². The molecule has 0 bridgehead atoms. The highest BCUT2D eigenvalue weighted by Crippen LogP contribution is 2.40. The monoisotopic (exact) mass is 439 g/mol. The minimum atomic E-state index is -3.52. The lowest BCUT2D eigenvalue weighted by atomic mass is 10.0. The lowest BCUT2D eigenvalue weighted by Gasteiger charge is -2.38. The smallest absolute Gasteiger partial charge is 0.243 e. The van der Waals surface area contributed by atoms with Gasteiger partial charge in [-0.1, -0.05) is 24.6 Å². The molecule has 3 rings (SSSR count). The van der Waals surface area contributed by atoms with Gasteiger partial charge in [0.05, 0.1) is 15.8 Å². The first-order valence-electron chi connectivity index (χ1n) is 10.4. The van der Waals surface area contributed by atoms with E-state index in [0.29, 0.717) is 30.8 Å². The summed E-state index contributed by atoms with van der Waals surface area (Å²) in [5.74, 6) is 0.773. The first-order valence-corrected chi connectivity index (χ1v) is 12.8. The van der Waals surface area contributed by atoms with Crippen LogP contribution in [0.5, 0.6) is 0 Å². The zero-order valence-electron chi connectivity index (χ0n) is 18.0. The van der Waals surface area contributed by atoms with Crippen molar-refractivity contribution in [1.82, 2.24) is 14.9 Å². The number of benzene rings is 1. The zero-order valence-corrected chi connectivity index (χ0v) is 19.7. The second-order valence-electron chi connectivity index (χ2n) is 8.45. The molecule has 1 aromatic carbocycles. The van der Waals surface area contributed by atoms with Crippen LogP contribution in [-0.2, 0) is 14.8 Å². The Kier molecular flexibility index (Phi) is 6.68. The Morgan fingerprint density at radius 1 is 1.28 bits per heavy atom. The van der Waals surface area contributed by atoms with Gasteiger partial charge in [0, 0.05) is 24.9 Å². The van der Waals surface area contributed by atoms with Crippen LogP contribution in [0.15, 0.2) is 17.0 Å². The van der Waals surface area contributed by atoms with Crippen LogP contribution in [0, 0.1) is 20.8 Å². The number of hydrogen-bond donors (Lipinski definition) is 2. The van der Waals surface area contributed by atoms with Gasteiger partial charge >= 0.3 is 0 Å². The van der Waals surface area contributed by atoms with Gasteiger partial charge in [0.25, 0.3) is 0 Å². The highest BCUT2D eigenvalue weighted by molar-refractivity contribution is 8.01. The molecule has 1 aromatic rings. The lowest BCUT2D eigenvalue weighted by molar-refractivity contribution is -0.123. The van der Waals surface area contributed by atoms with Gasteiger partial charge in [0.2, 0.25) is 15.9 Å². The van der Waals surface area contributed by atoms with Gasteiger partial charge in [-0.25, -0.2) is 8.42 Å². The van der Waals surface area contributed by atoms with Crippen LogP contribution in [0.3, 0.4) is 0 Å². The fraction of sp³-hybridized carbons (Fsp3) is 0.667. The van der Waals surface area contributed by atoms with Crippen molar-refractivity contribution in [2.45, 2.75) is 75.7 Å². The van der Waals surface area contributed by atoms with Gasteiger partial charge in [0.15, 0.2) is 0 Å². The summed E-state index contributed by atoms with van der Waals surface area (Å²) in [6, 6.07) is 3.82. The fourth-order valence-electron chi connectivity index (χ4n) is 4.31. The molecule has 0 aromatic heterocycles. The molecule has 1 amide bonds. The molecule has 2 unspecified atom stereocenters. The molecule has 162 valence electrons. The molecule has 29 heavy (non-hydrogen) atoms. The molecule has 2 atom stereocenters. The molecule has 6 nitrogen and oxygen atoms in total. The summed E-state index contributed by atoms with van der Waals surface area (Å²) < 4.78 is 28.2. The van der Waals surface area contributed by atoms with E-state index in [9.17, 15) is 13.2 Å². The lowest BCUT2D eigenvalue weighted by Crippen LogP contribution is -2.55. The van der Waals surface area contributed by atoms with Crippen molar-refractivity contribution in [1.29, 1.82) is 0 Å². The highest BCUT2D eigenvalue weighted by atomic mass is 32.2. The van der Waals surface area contributed by atoms with Crippen molar-refractivity contribution >= 4 is 27.7 Å². The fourth-order valence-corrected chi connectivity index (χ4v) is 7.58. The van der Waals surface area contributed by atoms with E-state index >= 15 is 0 Å². The van der Waals surface area contributed by atoms with E-state index in [-0.39, 0.29) is 22.9 Å². The molecule has 0 radical (unpaired) electrons. The van der Waals surface area contributed by atoms with Crippen molar-refractivity contribution in [3.8, 4) is 0 Å². The summed E-state index contributed by atoms with van der Waals surface area (Å²) in [5.41, 5.74) is 2.68. The summed E-state index contributed by atoms with van der Waals surface area (Å²) in [5, 5.41) is 6.55. The molecule has 2 aliphatic heterocycles. The average Bonchev–Trinajstić information content (AvgIpc) is 3.04. The van der Waals surface area contributed by atoms with Gasteiger partial charge in [-0.2, -0.15) is 4.31 Å². The van der Waals surface area contributed by atoms with Crippen LogP contribution in [0.4, 0.5) is 0 Å². The molecule has 2 heterocycles. The minimum Gasteiger partial charge on any atom is -0.352 e. The highest BCUT2D eigenvalue weighted by Gasteiger charge is 2.46. The molecule has 1 spiro atoms. The van der Waals surface area contributed by atoms with E-state index in [1.807, 2.05) is 39.8 Å². The number of carbonyl (C=O) groups is 1. The van der Waals surface area contributed by atoms with Gasteiger partial charge < -0.3 is 5.32 Å². The molecule has 2 saturated heterocycles. The van der Waals surface area contributed by atoms with Gasteiger partial charge in [0.1, 0.15) is 0 Å². The van der Waals surface area contributed by atoms with Crippen LogP contribution in [-0.4, -0.2) is 54.4 Å². The Bertz CT molecular complexity index is 854. The number of nitrogens with one attached hydrogen (secondary N) is 2. The van der Waals surface area contributed by atoms with Crippen molar-refractivity contribution in [2.24, 2.45) is 0 Å². The van der Waals surface area contributed by atoms with Crippen molar-refractivity contribution in [3.63, 3.8) is 0 Å². The number of aryl methyl sites for hydroxylation is 3. The summed E-state index contributed by atoms with van der Waals surface area (Å²) >= 11 is 1.76. The summed E-state index contributed by atoms with van der Waals surface area (Å²) in [4.78, 5) is 12.7. The Labute approximate surface area is 179 Å². The number of piperidine rings is 1. The quantitative estimate of drug-likeness (QED) is 0.738. The maximum absolute atomic E-state index is 13.3. The number of carbonyl (C=O) groups excluding carboxylic acids is 1. The predicted molar refractivity (Wildman–Crippen MR) is 119 cm³/mol. The minimum absolute atomic E-state index is 0.0460. The molecule has 2 fully saturated rings. The molecule has 2 N–H and O–H groups in total. The van der Waals surface area contributed by atoms with E-state index in [0.717, 1.165) is 28.9 Å². The average molecular weight is 440 g/mol. The Morgan fingerprint density at radius 3 is 2.41 bits per heavy atom. The summed E-state index contributed by atoms with van der Waals surface area (Å²) in [6.07, 6.45) is 2.31. The number of rotatable bonds is 5. The Morgan fingerprint density at radius 2 is 1.86 bits per heavy atom. The van der Waals surface area contributed by atoms with E-state index in [2.05, 4.69) is 17.6 Å².